The summed E-state index contributed by atoms with van der Waals surface area (Å²) in [6.07, 6.45) is 8.34. The molecule has 0 unspecified atom stereocenters. The van der Waals surface area contributed by atoms with E-state index in [1.54, 1.807) is 0 Å². The highest BCUT2D eigenvalue weighted by Gasteiger charge is 2.46. The third-order valence-corrected chi connectivity index (χ3v) is 6.01. The van der Waals surface area contributed by atoms with Crippen LogP contribution in [0, 0.1) is 11.8 Å². The zero-order valence-electron chi connectivity index (χ0n) is 14.1. The number of hydrogen-bond acceptors (Lipinski definition) is 2. The minimum absolute atomic E-state index is 0.0244. The molecule has 2 aromatic rings. The minimum atomic E-state index is 0.0244. The van der Waals surface area contributed by atoms with E-state index in [1.807, 2.05) is 24.5 Å². The van der Waals surface area contributed by atoms with Crippen molar-refractivity contribution in [3.8, 4) is 11.3 Å². The van der Waals surface area contributed by atoms with Crippen LogP contribution in [0.15, 0.2) is 48.3 Å². The highest BCUT2D eigenvalue weighted by molar-refractivity contribution is 5.65. The van der Waals surface area contributed by atoms with Gasteiger partial charge in [-0.05, 0) is 49.3 Å². The average Bonchev–Trinajstić information content (AvgIpc) is 2.99. The van der Waals surface area contributed by atoms with Crippen LogP contribution in [0.1, 0.15) is 38.4 Å². The molecule has 0 spiro atoms. The minimum Gasteiger partial charge on any atom is -0.281 e. The molecule has 4 rings (SSSR count). The van der Waals surface area contributed by atoms with Crippen LogP contribution in [-0.4, -0.2) is 15.2 Å². The molecule has 2 aromatic heterocycles. The molecule has 0 radical (unpaired) electrons. The Morgan fingerprint density at radius 3 is 2.78 bits per heavy atom. The van der Waals surface area contributed by atoms with Gasteiger partial charge in [0.25, 0.3) is 0 Å². The number of aromatic nitrogens is 3. The number of H-pyrrole nitrogens is 1. The van der Waals surface area contributed by atoms with Crippen molar-refractivity contribution in [2.45, 2.75) is 39.0 Å². The molecule has 2 heterocycles. The van der Waals surface area contributed by atoms with Gasteiger partial charge in [-0.15, -0.1) is 0 Å². The van der Waals surface area contributed by atoms with Crippen LogP contribution in [0.4, 0.5) is 0 Å². The number of pyridine rings is 1. The molecule has 0 saturated heterocycles. The lowest BCUT2D eigenvalue weighted by atomic mass is 9.57. The van der Waals surface area contributed by atoms with Gasteiger partial charge in [0.1, 0.15) is 0 Å². The molecular formula is C20H23N3. The Morgan fingerprint density at radius 2 is 2.04 bits per heavy atom. The van der Waals surface area contributed by atoms with Crippen LogP contribution >= 0.6 is 0 Å². The molecule has 3 nitrogen and oxygen atoms in total. The fourth-order valence-electron chi connectivity index (χ4n) is 4.68. The summed E-state index contributed by atoms with van der Waals surface area (Å²) in [5, 5.41) is 8.04. The van der Waals surface area contributed by atoms with Crippen LogP contribution in [0.2, 0.25) is 0 Å². The van der Waals surface area contributed by atoms with Gasteiger partial charge in [-0.3, -0.25) is 10.1 Å². The molecule has 0 aliphatic heterocycles. The van der Waals surface area contributed by atoms with Gasteiger partial charge in [0.15, 0.2) is 0 Å². The predicted molar refractivity (Wildman–Crippen MR) is 93.0 cm³/mol. The molecule has 0 fully saturated rings. The summed E-state index contributed by atoms with van der Waals surface area (Å²) < 4.78 is 0. The Hall–Kier alpha value is -2.16. The maximum absolute atomic E-state index is 4.67. The van der Waals surface area contributed by atoms with Crippen LogP contribution in [0.3, 0.4) is 0 Å². The summed E-state index contributed by atoms with van der Waals surface area (Å²) in [5.74, 6) is 1.11. The van der Waals surface area contributed by atoms with Gasteiger partial charge < -0.3 is 0 Å². The van der Waals surface area contributed by atoms with Crippen molar-refractivity contribution in [3.05, 3.63) is 59.6 Å². The molecule has 2 aliphatic carbocycles. The Kier molecular flexibility index (Phi) is 3.09. The number of nitrogens with one attached hydrogen (secondary N) is 1. The summed E-state index contributed by atoms with van der Waals surface area (Å²) in [6, 6.07) is 4.08. The fraction of sp³-hybridized carbons (Fsp3) is 0.400. The molecule has 2 aliphatic rings. The van der Waals surface area contributed by atoms with E-state index in [0.717, 1.165) is 17.7 Å². The summed E-state index contributed by atoms with van der Waals surface area (Å²) in [7, 11) is 0. The smallest absolute Gasteiger partial charge is 0.0956 e. The van der Waals surface area contributed by atoms with Crippen molar-refractivity contribution in [1.29, 1.82) is 0 Å². The third kappa shape index (κ3) is 1.95. The van der Waals surface area contributed by atoms with E-state index in [4.69, 9.17) is 0 Å². The van der Waals surface area contributed by atoms with E-state index in [9.17, 15) is 0 Å². The number of rotatable bonds is 1. The first kappa shape index (κ1) is 14.4. The predicted octanol–water partition coefficient (Wildman–Crippen LogP) is 4.44. The number of fused-ring (bicyclic) bond motifs is 3. The lowest BCUT2D eigenvalue weighted by Crippen LogP contribution is -2.42. The Balaban J connectivity index is 1.88. The second-order valence-corrected chi connectivity index (χ2v) is 7.23. The Morgan fingerprint density at radius 1 is 1.30 bits per heavy atom. The number of hydrogen-bond donors (Lipinski definition) is 1. The molecule has 0 bridgehead atoms. The van der Waals surface area contributed by atoms with Gasteiger partial charge in [0.05, 0.1) is 5.69 Å². The van der Waals surface area contributed by atoms with Gasteiger partial charge in [-0.2, -0.15) is 5.10 Å². The molecule has 0 saturated carbocycles. The van der Waals surface area contributed by atoms with Crippen molar-refractivity contribution >= 4 is 0 Å². The van der Waals surface area contributed by atoms with E-state index < -0.39 is 0 Å². The summed E-state index contributed by atoms with van der Waals surface area (Å²) in [4.78, 5) is 4.12. The zero-order chi connectivity index (χ0) is 16.2. The van der Waals surface area contributed by atoms with Crippen molar-refractivity contribution in [2.75, 3.05) is 0 Å². The third-order valence-electron chi connectivity index (χ3n) is 6.01. The van der Waals surface area contributed by atoms with Crippen LogP contribution in [0.5, 0.6) is 0 Å². The quantitative estimate of drug-likeness (QED) is 0.846. The van der Waals surface area contributed by atoms with E-state index in [1.165, 1.54) is 28.8 Å². The standard InChI is InChI=1S/C20H23N3/c1-12-11-20(4)17(14(3)13(12)2)6-5-16-18(22-23-19(16)20)15-7-9-21-10-8-15/h7-11,14,17H,2,5-6H2,1,3-4H3,(H,22,23)/t14-,17+,20+/m1/s1. The van der Waals surface area contributed by atoms with Crippen molar-refractivity contribution < 1.29 is 0 Å². The van der Waals surface area contributed by atoms with Crippen LogP contribution in [-0.2, 0) is 11.8 Å². The van der Waals surface area contributed by atoms with Gasteiger partial charge in [0, 0.05) is 34.6 Å². The van der Waals surface area contributed by atoms with E-state index in [-0.39, 0.29) is 5.41 Å². The van der Waals surface area contributed by atoms with E-state index >= 15 is 0 Å². The Labute approximate surface area is 137 Å². The van der Waals surface area contributed by atoms with Crippen LogP contribution in [0.25, 0.3) is 11.3 Å². The van der Waals surface area contributed by atoms with E-state index in [0.29, 0.717) is 11.8 Å². The molecule has 3 heteroatoms. The SMILES string of the molecule is C=C1C(C)=C[C@]2(C)c3[nH]nc(-c4ccncc4)c3CC[C@H]2[C@@H]1C. The van der Waals surface area contributed by atoms with Crippen molar-refractivity contribution in [3.63, 3.8) is 0 Å². The second-order valence-electron chi connectivity index (χ2n) is 7.23. The van der Waals surface area contributed by atoms with Crippen molar-refractivity contribution in [2.24, 2.45) is 11.8 Å². The van der Waals surface area contributed by atoms with Crippen LogP contribution < -0.4 is 0 Å². The molecule has 23 heavy (non-hydrogen) atoms. The summed E-state index contributed by atoms with van der Waals surface area (Å²) >= 11 is 0. The normalized spacial score (nSPS) is 29.7. The Bertz CT molecular complexity index is 800. The van der Waals surface area contributed by atoms with E-state index in [2.05, 4.69) is 48.6 Å². The first-order valence-corrected chi connectivity index (χ1v) is 8.39. The molecule has 118 valence electrons. The first-order chi connectivity index (χ1) is 11.0. The number of aromatic amines is 1. The topological polar surface area (TPSA) is 41.6 Å². The van der Waals surface area contributed by atoms with Crippen molar-refractivity contribution in [1.82, 2.24) is 15.2 Å². The monoisotopic (exact) mass is 305 g/mol. The van der Waals surface area contributed by atoms with Gasteiger partial charge >= 0.3 is 0 Å². The molecule has 0 aromatic carbocycles. The molecule has 0 amide bonds. The average molecular weight is 305 g/mol. The first-order valence-electron chi connectivity index (χ1n) is 8.39. The van der Waals surface area contributed by atoms with Gasteiger partial charge in [0.2, 0.25) is 0 Å². The van der Waals surface area contributed by atoms with Gasteiger partial charge in [-0.25, -0.2) is 0 Å². The number of nitrogens with zero attached hydrogens (tertiary/aromatic N) is 2. The second kappa shape index (κ2) is 4.92. The zero-order valence-corrected chi connectivity index (χ0v) is 14.1. The van der Waals surface area contributed by atoms with Gasteiger partial charge in [-0.1, -0.05) is 32.1 Å². The maximum Gasteiger partial charge on any atom is 0.0956 e. The fourth-order valence-corrected chi connectivity index (χ4v) is 4.68. The maximum atomic E-state index is 4.67. The lowest BCUT2D eigenvalue weighted by Gasteiger charge is -2.46. The molecular weight excluding hydrogens is 282 g/mol. The highest BCUT2D eigenvalue weighted by Crippen LogP contribution is 2.52. The highest BCUT2D eigenvalue weighted by atomic mass is 15.1. The summed E-state index contributed by atoms with van der Waals surface area (Å²) in [5.41, 5.74) is 7.54. The number of allylic oxidation sites excluding steroid dienone is 3. The molecule has 1 N–H and O–H groups in total. The largest absolute Gasteiger partial charge is 0.281 e. The lowest BCUT2D eigenvalue weighted by molar-refractivity contribution is 0.231. The summed E-state index contributed by atoms with van der Waals surface area (Å²) in [6.45, 7) is 11.2. The molecule has 3 atom stereocenters.